The highest BCUT2D eigenvalue weighted by molar-refractivity contribution is 8.13. The lowest BCUT2D eigenvalue weighted by atomic mass is 9.84. The van der Waals surface area contributed by atoms with Gasteiger partial charge in [0.25, 0.3) is 0 Å². The van der Waals surface area contributed by atoms with Crippen molar-refractivity contribution in [3.63, 3.8) is 0 Å². The Kier molecular flexibility index (Phi) is 6.56. The number of nitrogens with zero attached hydrogens (tertiary/aromatic N) is 4. The van der Waals surface area contributed by atoms with Crippen molar-refractivity contribution >= 4 is 39.8 Å². The molecule has 12 heteroatoms. The van der Waals surface area contributed by atoms with E-state index in [1.54, 1.807) is 11.6 Å². The maximum Gasteiger partial charge on any atom is 0.224 e. The number of nitrogens with two attached hydrogens (primary N) is 1. The van der Waals surface area contributed by atoms with Gasteiger partial charge in [-0.3, -0.25) is 9.36 Å². The number of carbonyl (C=O) groups is 1. The van der Waals surface area contributed by atoms with E-state index in [-0.39, 0.29) is 17.7 Å². The summed E-state index contributed by atoms with van der Waals surface area (Å²) in [7, 11) is 1.70. The Morgan fingerprint density at radius 3 is 2.91 bits per heavy atom. The third kappa shape index (κ3) is 4.66. The number of nitrogens with one attached hydrogen (secondary N) is 1. The Morgan fingerprint density at radius 2 is 2.21 bits per heavy atom. The van der Waals surface area contributed by atoms with Gasteiger partial charge < -0.3 is 25.3 Å². The van der Waals surface area contributed by atoms with Crippen molar-refractivity contribution in [3.05, 3.63) is 6.33 Å². The smallest absolute Gasteiger partial charge is 0.224 e. The molecule has 2 aliphatic heterocycles. The van der Waals surface area contributed by atoms with Crippen LogP contribution in [0.1, 0.15) is 40.3 Å². The molecule has 4 rings (SSSR count). The molecule has 2 aromatic heterocycles. The molecule has 0 aromatic carbocycles. The van der Waals surface area contributed by atoms with Gasteiger partial charge in [0.05, 0.1) is 25.6 Å². The maximum absolute atomic E-state index is 16.2. The molecular formula is C21H31FN6O4S. The third-order valence-corrected chi connectivity index (χ3v) is 7.26. The molecule has 5 atom stereocenters. The first-order valence-electron chi connectivity index (χ1n) is 10.9. The van der Waals surface area contributed by atoms with Crippen LogP contribution in [0, 0.1) is 11.3 Å². The zero-order valence-corrected chi connectivity index (χ0v) is 20.3. The second-order valence-electron chi connectivity index (χ2n) is 9.54. The van der Waals surface area contributed by atoms with Gasteiger partial charge in [0.1, 0.15) is 0 Å². The van der Waals surface area contributed by atoms with Gasteiger partial charge in [-0.1, -0.05) is 32.5 Å². The molecule has 0 amide bonds. The number of carbonyl (C=O) groups excluding carboxylic acids is 1. The lowest BCUT2D eigenvalue weighted by molar-refractivity contribution is -0.200. The molecule has 10 nitrogen and oxygen atoms in total. The molecule has 0 aliphatic carbocycles. The second kappa shape index (κ2) is 8.97. The van der Waals surface area contributed by atoms with Gasteiger partial charge in [-0.2, -0.15) is 9.97 Å². The van der Waals surface area contributed by atoms with Crippen LogP contribution >= 0.6 is 11.8 Å². The predicted molar refractivity (Wildman–Crippen MR) is 123 cm³/mol. The van der Waals surface area contributed by atoms with Crippen LogP contribution in [0.25, 0.3) is 11.2 Å². The minimum absolute atomic E-state index is 0.0594. The van der Waals surface area contributed by atoms with Crippen molar-refractivity contribution in [3.8, 4) is 0 Å². The summed E-state index contributed by atoms with van der Waals surface area (Å²) in [6.07, 6.45) is -0.0849. The Bertz CT molecular complexity index is 1030. The molecule has 33 heavy (non-hydrogen) atoms. The van der Waals surface area contributed by atoms with Crippen LogP contribution in [-0.4, -0.2) is 68.7 Å². The quantitative estimate of drug-likeness (QED) is 0.593. The first-order valence-corrected chi connectivity index (χ1v) is 11.9. The molecule has 0 spiro atoms. The molecule has 182 valence electrons. The largest absolute Gasteiger partial charge is 0.371 e. The second-order valence-corrected chi connectivity index (χ2v) is 10.6. The molecule has 0 saturated carbocycles. The van der Waals surface area contributed by atoms with Crippen LogP contribution < -0.4 is 11.1 Å². The highest BCUT2D eigenvalue weighted by atomic mass is 32.2. The van der Waals surface area contributed by atoms with E-state index in [4.69, 9.17) is 19.9 Å². The van der Waals surface area contributed by atoms with E-state index in [0.717, 1.165) is 0 Å². The fourth-order valence-electron chi connectivity index (χ4n) is 4.22. The van der Waals surface area contributed by atoms with Crippen LogP contribution in [0.4, 0.5) is 16.2 Å². The zero-order chi connectivity index (χ0) is 24.0. The Hall–Kier alpha value is -2.02. The van der Waals surface area contributed by atoms with Gasteiger partial charge in [-0.25, -0.2) is 9.37 Å². The van der Waals surface area contributed by atoms with Gasteiger partial charge in [0.15, 0.2) is 40.3 Å². The van der Waals surface area contributed by atoms with Crippen molar-refractivity contribution in [2.24, 2.45) is 11.3 Å². The third-order valence-electron chi connectivity index (χ3n) is 6.01. The van der Waals surface area contributed by atoms with Gasteiger partial charge in [0, 0.05) is 30.6 Å². The fourth-order valence-corrected chi connectivity index (χ4v) is 5.02. The number of ether oxygens (including phenoxy) is 3. The highest BCUT2D eigenvalue weighted by Gasteiger charge is 2.58. The summed E-state index contributed by atoms with van der Waals surface area (Å²) in [4.78, 5) is 24.8. The molecule has 0 bridgehead atoms. The van der Waals surface area contributed by atoms with Crippen molar-refractivity contribution < 1.29 is 23.4 Å². The van der Waals surface area contributed by atoms with Gasteiger partial charge >= 0.3 is 0 Å². The number of thioether (sulfide) groups is 1. The van der Waals surface area contributed by atoms with Crippen LogP contribution in [0.5, 0.6) is 0 Å². The molecule has 2 aromatic rings. The first kappa shape index (κ1) is 24.1. The molecule has 1 unspecified atom stereocenters. The van der Waals surface area contributed by atoms with Gasteiger partial charge in [0.2, 0.25) is 5.95 Å². The Balaban J connectivity index is 1.43. The normalized spacial score (nSPS) is 29.9. The minimum Gasteiger partial charge on any atom is -0.371 e. The number of rotatable bonds is 6. The number of anilines is 2. The molecule has 2 saturated heterocycles. The van der Waals surface area contributed by atoms with E-state index < -0.39 is 35.6 Å². The number of hydrogen-bond donors (Lipinski definition) is 2. The first-order chi connectivity index (χ1) is 15.5. The SMILES string of the molecule is CNc1nc(N)nc2c1ncn2[C@@H]1O[C@@H]2COC(OCCSC(=O)C(C)(C)C)C[C@H]2[C@@]1(C)F. The van der Waals surface area contributed by atoms with Crippen molar-refractivity contribution in [2.75, 3.05) is 37.1 Å². The number of halogens is 1. The van der Waals surface area contributed by atoms with E-state index in [2.05, 4.69) is 20.3 Å². The predicted octanol–water partition coefficient (Wildman–Crippen LogP) is 2.76. The monoisotopic (exact) mass is 482 g/mol. The number of imidazole rings is 1. The fraction of sp³-hybridized carbons (Fsp3) is 0.714. The summed E-state index contributed by atoms with van der Waals surface area (Å²) in [5, 5.41) is 3.04. The van der Waals surface area contributed by atoms with Crippen molar-refractivity contribution in [2.45, 2.75) is 58.4 Å². The lowest BCUT2D eigenvalue weighted by Gasteiger charge is -2.34. The van der Waals surface area contributed by atoms with Gasteiger partial charge in [-0.15, -0.1) is 0 Å². The number of nitrogen functional groups attached to an aromatic ring is 1. The van der Waals surface area contributed by atoms with Crippen LogP contribution in [0.2, 0.25) is 0 Å². The number of hydrogen-bond acceptors (Lipinski definition) is 10. The average molecular weight is 483 g/mol. The molecular weight excluding hydrogens is 451 g/mol. The number of aromatic nitrogens is 4. The average Bonchev–Trinajstić information content (AvgIpc) is 3.27. The standard InChI is InChI=1S/C21H31FN6O4S/c1-20(2,3)18(29)33-7-6-30-13-8-11-12(9-31-13)32-17(21(11,4)22)28-10-25-14-15(24-5)26-19(23)27-16(14)28/h10-13,17H,6-9H2,1-5H3,(H3,23,24,26,27)/t11-,12-,13?,17-,21-/m1/s1. The zero-order valence-electron chi connectivity index (χ0n) is 19.5. The van der Waals surface area contributed by atoms with E-state index >= 15 is 4.39 Å². The molecule has 3 N–H and O–H groups in total. The summed E-state index contributed by atoms with van der Waals surface area (Å²) in [6, 6.07) is 0. The van der Waals surface area contributed by atoms with E-state index in [9.17, 15) is 4.79 Å². The van der Waals surface area contributed by atoms with Crippen molar-refractivity contribution in [1.29, 1.82) is 0 Å². The lowest BCUT2D eigenvalue weighted by Crippen LogP contribution is -2.43. The summed E-state index contributed by atoms with van der Waals surface area (Å²) in [5.41, 5.74) is 4.60. The summed E-state index contributed by atoms with van der Waals surface area (Å²) in [6.45, 7) is 7.74. The van der Waals surface area contributed by atoms with Crippen LogP contribution in [0.15, 0.2) is 6.33 Å². The minimum atomic E-state index is -1.72. The summed E-state index contributed by atoms with van der Waals surface area (Å²) < 4.78 is 35.4. The number of alkyl halides is 1. The summed E-state index contributed by atoms with van der Waals surface area (Å²) in [5.74, 6) is 0.605. The summed E-state index contributed by atoms with van der Waals surface area (Å²) >= 11 is 1.24. The topological polar surface area (TPSA) is 126 Å². The Labute approximate surface area is 196 Å². The van der Waals surface area contributed by atoms with E-state index in [1.165, 1.54) is 25.0 Å². The van der Waals surface area contributed by atoms with Gasteiger partial charge in [-0.05, 0) is 6.92 Å². The Morgan fingerprint density at radius 1 is 1.45 bits per heavy atom. The maximum atomic E-state index is 16.2. The van der Waals surface area contributed by atoms with Crippen LogP contribution in [0.3, 0.4) is 0 Å². The van der Waals surface area contributed by atoms with Crippen LogP contribution in [-0.2, 0) is 19.0 Å². The molecule has 2 aliphatic rings. The molecule has 2 fully saturated rings. The highest BCUT2D eigenvalue weighted by Crippen LogP contribution is 2.50. The van der Waals surface area contributed by atoms with E-state index in [1.807, 2.05) is 20.8 Å². The molecule has 0 radical (unpaired) electrons. The van der Waals surface area contributed by atoms with Crippen molar-refractivity contribution in [1.82, 2.24) is 19.5 Å². The number of fused-ring (bicyclic) bond motifs is 2. The molecule has 4 heterocycles. The van der Waals surface area contributed by atoms with E-state index in [0.29, 0.717) is 35.8 Å².